The molecule has 0 spiro atoms. The maximum atomic E-state index is 11.4. The van der Waals surface area contributed by atoms with Gasteiger partial charge in [-0.1, -0.05) is 19.3 Å². The van der Waals surface area contributed by atoms with Crippen molar-refractivity contribution in [2.24, 2.45) is 5.73 Å². The van der Waals surface area contributed by atoms with Crippen LogP contribution < -0.4 is 11.1 Å². The summed E-state index contributed by atoms with van der Waals surface area (Å²) < 4.78 is 0. The molecule has 0 aromatic heterocycles. The topological polar surface area (TPSA) is 58.4 Å². The summed E-state index contributed by atoms with van der Waals surface area (Å²) in [5, 5.41) is 3.01. The van der Waals surface area contributed by atoms with E-state index in [0.717, 1.165) is 6.54 Å². The van der Waals surface area contributed by atoms with Crippen molar-refractivity contribution >= 4 is 18.3 Å². The second-order valence-corrected chi connectivity index (χ2v) is 4.99. The molecule has 4 nitrogen and oxygen atoms in total. The molecule has 1 rings (SSSR count). The molecule has 0 unspecified atom stereocenters. The SMILES string of the molecule is CN(C)C1(CNC(=O)CCN)CCCCC1.Cl. The van der Waals surface area contributed by atoms with Crippen LogP contribution in [-0.2, 0) is 4.79 Å². The minimum absolute atomic E-state index is 0. The Morgan fingerprint density at radius 3 is 2.35 bits per heavy atom. The number of hydrogen-bond donors (Lipinski definition) is 2. The second kappa shape index (κ2) is 7.90. The summed E-state index contributed by atoms with van der Waals surface area (Å²) in [7, 11) is 4.22. The number of hydrogen-bond acceptors (Lipinski definition) is 3. The quantitative estimate of drug-likeness (QED) is 0.782. The standard InChI is InChI=1S/C12H25N3O.ClH/c1-15(2)12(7-4-3-5-8-12)10-14-11(16)6-9-13;/h3-10,13H2,1-2H3,(H,14,16);1H. The first kappa shape index (κ1) is 16.7. The number of carbonyl (C=O) groups is 1. The molecule has 17 heavy (non-hydrogen) atoms. The Kier molecular flexibility index (Phi) is 7.75. The molecule has 0 atom stereocenters. The third kappa shape index (κ3) is 4.82. The highest BCUT2D eigenvalue weighted by Crippen LogP contribution is 2.31. The molecule has 102 valence electrons. The molecular weight excluding hydrogens is 238 g/mol. The summed E-state index contributed by atoms with van der Waals surface area (Å²) in [4.78, 5) is 13.7. The zero-order valence-electron chi connectivity index (χ0n) is 11.0. The number of carbonyl (C=O) groups excluding carboxylic acids is 1. The van der Waals surface area contributed by atoms with Gasteiger partial charge in [-0.25, -0.2) is 0 Å². The number of amides is 1. The van der Waals surface area contributed by atoms with Gasteiger partial charge in [-0.15, -0.1) is 12.4 Å². The number of rotatable bonds is 5. The molecule has 0 saturated heterocycles. The average Bonchev–Trinajstić information content (AvgIpc) is 2.28. The molecule has 1 saturated carbocycles. The van der Waals surface area contributed by atoms with Gasteiger partial charge >= 0.3 is 0 Å². The zero-order valence-corrected chi connectivity index (χ0v) is 11.8. The summed E-state index contributed by atoms with van der Waals surface area (Å²) in [5.41, 5.74) is 5.53. The van der Waals surface area contributed by atoms with Crippen LogP contribution in [0.1, 0.15) is 38.5 Å². The van der Waals surface area contributed by atoms with E-state index in [1.54, 1.807) is 0 Å². The first-order valence-electron chi connectivity index (χ1n) is 6.25. The van der Waals surface area contributed by atoms with Gasteiger partial charge in [-0.2, -0.15) is 0 Å². The van der Waals surface area contributed by atoms with Gasteiger partial charge in [0.1, 0.15) is 0 Å². The fourth-order valence-electron chi connectivity index (χ4n) is 2.47. The minimum atomic E-state index is 0. The lowest BCUT2D eigenvalue weighted by Crippen LogP contribution is -2.53. The monoisotopic (exact) mass is 263 g/mol. The maximum Gasteiger partial charge on any atom is 0.221 e. The number of nitrogens with zero attached hydrogens (tertiary/aromatic N) is 1. The first-order valence-corrected chi connectivity index (χ1v) is 6.25. The van der Waals surface area contributed by atoms with Crippen molar-refractivity contribution < 1.29 is 4.79 Å². The Hall–Kier alpha value is -0.320. The van der Waals surface area contributed by atoms with Crippen molar-refractivity contribution in [3.63, 3.8) is 0 Å². The van der Waals surface area contributed by atoms with E-state index in [4.69, 9.17) is 5.73 Å². The molecule has 0 aromatic rings. The maximum absolute atomic E-state index is 11.4. The van der Waals surface area contributed by atoms with E-state index in [2.05, 4.69) is 24.3 Å². The smallest absolute Gasteiger partial charge is 0.221 e. The Morgan fingerprint density at radius 2 is 1.88 bits per heavy atom. The van der Waals surface area contributed by atoms with Crippen LogP contribution in [0, 0.1) is 0 Å². The second-order valence-electron chi connectivity index (χ2n) is 4.99. The molecule has 1 aliphatic rings. The summed E-state index contributed by atoms with van der Waals surface area (Å²) in [6, 6.07) is 0. The molecule has 1 aliphatic carbocycles. The van der Waals surface area contributed by atoms with Crippen LogP contribution in [0.5, 0.6) is 0 Å². The molecular formula is C12H26ClN3O. The van der Waals surface area contributed by atoms with Gasteiger partial charge in [-0.3, -0.25) is 4.79 Å². The fraction of sp³-hybridized carbons (Fsp3) is 0.917. The lowest BCUT2D eigenvalue weighted by Gasteiger charge is -2.43. The van der Waals surface area contributed by atoms with E-state index in [-0.39, 0.29) is 23.9 Å². The van der Waals surface area contributed by atoms with Crippen molar-refractivity contribution in [1.29, 1.82) is 0 Å². The van der Waals surface area contributed by atoms with Crippen LogP contribution in [-0.4, -0.2) is 43.5 Å². The Balaban J connectivity index is 0.00000256. The lowest BCUT2D eigenvalue weighted by atomic mass is 9.80. The summed E-state index contributed by atoms with van der Waals surface area (Å²) in [6.07, 6.45) is 6.66. The first-order chi connectivity index (χ1) is 7.60. The van der Waals surface area contributed by atoms with Crippen LogP contribution in [0.3, 0.4) is 0 Å². The predicted octanol–water partition coefficient (Wildman–Crippen LogP) is 1.14. The third-order valence-corrected chi connectivity index (χ3v) is 3.72. The van der Waals surface area contributed by atoms with Crippen LogP contribution in [0.2, 0.25) is 0 Å². The number of nitrogens with one attached hydrogen (secondary N) is 1. The van der Waals surface area contributed by atoms with E-state index in [9.17, 15) is 4.79 Å². The fourth-order valence-corrected chi connectivity index (χ4v) is 2.47. The molecule has 0 aromatic carbocycles. The van der Waals surface area contributed by atoms with Crippen molar-refractivity contribution in [3.05, 3.63) is 0 Å². The van der Waals surface area contributed by atoms with Crippen molar-refractivity contribution in [2.75, 3.05) is 27.2 Å². The molecule has 0 radical (unpaired) electrons. The van der Waals surface area contributed by atoms with Gasteiger partial charge in [-0.05, 0) is 26.9 Å². The van der Waals surface area contributed by atoms with Crippen molar-refractivity contribution in [1.82, 2.24) is 10.2 Å². The van der Waals surface area contributed by atoms with Crippen LogP contribution in [0.4, 0.5) is 0 Å². The summed E-state index contributed by atoms with van der Waals surface area (Å²) in [6.45, 7) is 1.19. The molecule has 0 bridgehead atoms. The molecule has 5 heteroatoms. The Labute approximate surface area is 111 Å². The summed E-state index contributed by atoms with van der Waals surface area (Å²) in [5.74, 6) is 0.0781. The third-order valence-electron chi connectivity index (χ3n) is 3.72. The van der Waals surface area contributed by atoms with E-state index in [1.807, 2.05) is 0 Å². The van der Waals surface area contributed by atoms with Gasteiger partial charge < -0.3 is 16.0 Å². The van der Waals surface area contributed by atoms with Gasteiger partial charge in [0.25, 0.3) is 0 Å². The molecule has 0 heterocycles. The average molecular weight is 264 g/mol. The highest BCUT2D eigenvalue weighted by Gasteiger charge is 2.34. The predicted molar refractivity (Wildman–Crippen MR) is 73.4 cm³/mol. The minimum Gasteiger partial charge on any atom is -0.354 e. The Bertz CT molecular complexity index is 228. The zero-order chi connectivity index (χ0) is 12.0. The van der Waals surface area contributed by atoms with Gasteiger partial charge in [0.15, 0.2) is 0 Å². The Morgan fingerprint density at radius 1 is 1.29 bits per heavy atom. The van der Waals surface area contributed by atoms with E-state index < -0.39 is 0 Å². The number of nitrogens with two attached hydrogens (primary N) is 1. The number of halogens is 1. The van der Waals surface area contributed by atoms with Crippen LogP contribution in [0.15, 0.2) is 0 Å². The highest BCUT2D eigenvalue weighted by atomic mass is 35.5. The summed E-state index contributed by atoms with van der Waals surface area (Å²) >= 11 is 0. The van der Waals surface area contributed by atoms with Crippen LogP contribution >= 0.6 is 12.4 Å². The van der Waals surface area contributed by atoms with E-state index in [0.29, 0.717) is 13.0 Å². The van der Waals surface area contributed by atoms with E-state index in [1.165, 1.54) is 32.1 Å². The van der Waals surface area contributed by atoms with Gasteiger partial charge in [0.2, 0.25) is 5.91 Å². The van der Waals surface area contributed by atoms with Crippen molar-refractivity contribution in [3.8, 4) is 0 Å². The van der Waals surface area contributed by atoms with Crippen LogP contribution in [0.25, 0.3) is 0 Å². The number of likely N-dealkylation sites (N-methyl/N-ethyl adjacent to an activating group) is 1. The largest absolute Gasteiger partial charge is 0.354 e. The molecule has 1 fully saturated rings. The molecule has 0 aliphatic heterocycles. The van der Waals surface area contributed by atoms with E-state index >= 15 is 0 Å². The molecule has 1 amide bonds. The molecule has 3 N–H and O–H groups in total. The van der Waals surface area contributed by atoms with Gasteiger partial charge in [0, 0.05) is 25.0 Å². The van der Waals surface area contributed by atoms with Crippen molar-refractivity contribution in [2.45, 2.75) is 44.1 Å². The van der Waals surface area contributed by atoms with Gasteiger partial charge in [0.05, 0.1) is 0 Å². The lowest BCUT2D eigenvalue weighted by molar-refractivity contribution is -0.121. The normalized spacial score (nSPS) is 18.6. The highest BCUT2D eigenvalue weighted by molar-refractivity contribution is 5.85.